The van der Waals surface area contributed by atoms with E-state index >= 15 is 0 Å². The first-order valence-electron chi connectivity index (χ1n) is 21.3. The normalized spacial score (nSPS) is 11.2. The number of nitrogens with zero attached hydrogens (tertiary/aromatic N) is 1. The van der Waals surface area contributed by atoms with Crippen LogP contribution in [0.1, 0.15) is 0 Å². The van der Waals surface area contributed by atoms with Gasteiger partial charge in [0.15, 0.2) is 0 Å². The highest BCUT2D eigenvalue weighted by Gasteiger charge is 2.24. The van der Waals surface area contributed by atoms with E-state index in [0.29, 0.717) is 0 Å². The number of pyridine rings is 1. The SMILES string of the molecule is c1ccc(-c2cc(-c3cccc(-c4c5ccccc5c(-c5ccc(-c6cccnc6)cc5)c5ccccc45)c3)c(-c3ccccc3)c(-c3ccccc3)c2-c2ccccc2)cc1. The lowest BCUT2D eigenvalue weighted by Crippen LogP contribution is -1.98. The molecule has 0 saturated heterocycles. The van der Waals surface area contributed by atoms with Gasteiger partial charge in [0, 0.05) is 12.4 Å². The van der Waals surface area contributed by atoms with E-state index in [4.69, 9.17) is 0 Å². The van der Waals surface area contributed by atoms with E-state index < -0.39 is 0 Å². The van der Waals surface area contributed by atoms with Gasteiger partial charge in [0.05, 0.1) is 0 Å². The van der Waals surface area contributed by atoms with Crippen molar-refractivity contribution in [2.45, 2.75) is 0 Å². The van der Waals surface area contributed by atoms with Gasteiger partial charge in [-0.3, -0.25) is 4.98 Å². The van der Waals surface area contributed by atoms with Crippen molar-refractivity contribution < 1.29 is 0 Å². The second kappa shape index (κ2) is 16.1. The highest BCUT2D eigenvalue weighted by atomic mass is 14.6. The zero-order chi connectivity index (χ0) is 41.2. The van der Waals surface area contributed by atoms with Gasteiger partial charge < -0.3 is 0 Å². The molecule has 1 aromatic heterocycles. The average molecular weight is 788 g/mol. The number of hydrogen-bond donors (Lipinski definition) is 0. The van der Waals surface area contributed by atoms with Gasteiger partial charge in [-0.15, -0.1) is 0 Å². The van der Waals surface area contributed by atoms with Gasteiger partial charge in [0.1, 0.15) is 0 Å². The third-order valence-electron chi connectivity index (χ3n) is 12.2. The van der Waals surface area contributed by atoms with Crippen molar-refractivity contribution in [1.82, 2.24) is 4.98 Å². The van der Waals surface area contributed by atoms with Crippen molar-refractivity contribution in [3.63, 3.8) is 0 Å². The summed E-state index contributed by atoms with van der Waals surface area (Å²) >= 11 is 0. The predicted octanol–water partition coefficient (Wildman–Crippen LogP) is 16.7. The zero-order valence-corrected chi connectivity index (χ0v) is 34.1. The van der Waals surface area contributed by atoms with Crippen LogP contribution in [-0.2, 0) is 0 Å². The molecule has 11 aromatic rings. The van der Waals surface area contributed by atoms with Gasteiger partial charge in [-0.05, 0) is 129 Å². The molecule has 0 saturated carbocycles. The number of hydrogen-bond acceptors (Lipinski definition) is 1. The zero-order valence-electron chi connectivity index (χ0n) is 34.1. The lowest BCUT2D eigenvalue weighted by Gasteiger charge is -2.25. The largest absolute Gasteiger partial charge is 0.264 e. The lowest BCUT2D eigenvalue weighted by atomic mass is 9.78. The molecule has 11 rings (SSSR count). The molecule has 1 heterocycles. The summed E-state index contributed by atoms with van der Waals surface area (Å²) in [4.78, 5) is 4.36. The van der Waals surface area contributed by atoms with E-state index in [1.807, 2.05) is 18.5 Å². The smallest absolute Gasteiger partial charge is 0.0346 e. The van der Waals surface area contributed by atoms with Gasteiger partial charge in [-0.1, -0.05) is 218 Å². The Morgan fingerprint density at radius 3 is 1.08 bits per heavy atom. The van der Waals surface area contributed by atoms with Crippen molar-refractivity contribution in [3.05, 3.63) is 249 Å². The van der Waals surface area contributed by atoms with Crippen LogP contribution in [0.3, 0.4) is 0 Å². The van der Waals surface area contributed by atoms with Crippen LogP contribution < -0.4 is 0 Å². The van der Waals surface area contributed by atoms with E-state index in [-0.39, 0.29) is 0 Å². The minimum absolute atomic E-state index is 1.11. The summed E-state index contributed by atoms with van der Waals surface area (Å²) in [7, 11) is 0. The molecule has 0 spiro atoms. The summed E-state index contributed by atoms with van der Waals surface area (Å²) in [6, 6.07) is 86.2. The Labute approximate surface area is 362 Å². The van der Waals surface area contributed by atoms with Gasteiger partial charge in [-0.2, -0.15) is 0 Å². The van der Waals surface area contributed by atoms with Gasteiger partial charge in [-0.25, -0.2) is 0 Å². The first-order valence-corrected chi connectivity index (χ1v) is 21.3. The fourth-order valence-electron chi connectivity index (χ4n) is 9.41. The highest BCUT2D eigenvalue weighted by molar-refractivity contribution is 6.21. The molecule has 290 valence electrons. The molecule has 10 aromatic carbocycles. The molecule has 62 heavy (non-hydrogen) atoms. The number of fused-ring (bicyclic) bond motifs is 2. The number of benzene rings is 10. The fourth-order valence-corrected chi connectivity index (χ4v) is 9.41. The molecule has 1 nitrogen and oxygen atoms in total. The number of rotatable bonds is 8. The molecule has 0 aliphatic heterocycles. The summed E-state index contributed by atoms with van der Waals surface area (Å²) in [5.41, 5.74) is 19.1. The van der Waals surface area contributed by atoms with Crippen LogP contribution in [0.5, 0.6) is 0 Å². The van der Waals surface area contributed by atoms with Crippen molar-refractivity contribution in [2.75, 3.05) is 0 Å². The van der Waals surface area contributed by atoms with Crippen molar-refractivity contribution >= 4 is 21.5 Å². The molecular weight excluding hydrogens is 747 g/mol. The quantitative estimate of drug-likeness (QED) is 0.140. The van der Waals surface area contributed by atoms with Crippen LogP contribution >= 0.6 is 0 Å². The van der Waals surface area contributed by atoms with Gasteiger partial charge in [0.25, 0.3) is 0 Å². The molecular formula is C61H41N. The predicted molar refractivity (Wildman–Crippen MR) is 263 cm³/mol. The Morgan fingerprint density at radius 2 is 0.581 bits per heavy atom. The van der Waals surface area contributed by atoms with Crippen LogP contribution in [0.25, 0.3) is 111 Å². The second-order valence-electron chi connectivity index (χ2n) is 15.8. The summed E-state index contributed by atoms with van der Waals surface area (Å²) in [5.74, 6) is 0. The Kier molecular flexibility index (Phi) is 9.61. The Balaban J connectivity index is 1.18. The van der Waals surface area contributed by atoms with E-state index in [1.54, 1.807) is 0 Å². The van der Waals surface area contributed by atoms with Crippen LogP contribution in [0, 0.1) is 0 Å². The summed E-state index contributed by atoms with van der Waals surface area (Å²) in [5, 5.41) is 4.92. The maximum absolute atomic E-state index is 4.36. The van der Waals surface area contributed by atoms with E-state index in [0.717, 1.165) is 11.1 Å². The highest BCUT2D eigenvalue weighted by Crippen LogP contribution is 2.51. The van der Waals surface area contributed by atoms with Gasteiger partial charge >= 0.3 is 0 Å². The third-order valence-corrected chi connectivity index (χ3v) is 12.2. The second-order valence-corrected chi connectivity index (χ2v) is 15.8. The lowest BCUT2D eigenvalue weighted by molar-refractivity contribution is 1.33. The number of aromatic nitrogens is 1. The van der Waals surface area contributed by atoms with Gasteiger partial charge in [0.2, 0.25) is 0 Å². The van der Waals surface area contributed by atoms with Crippen molar-refractivity contribution in [3.8, 4) is 89.0 Å². The van der Waals surface area contributed by atoms with Crippen LogP contribution in [-0.4, -0.2) is 4.98 Å². The molecule has 0 aliphatic rings. The Hall–Kier alpha value is -8.13. The third kappa shape index (κ3) is 6.67. The minimum Gasteiger partial charge on any atom is -0.264 e. The summed E-state index contributed by atoms with van der Waals surface area (Å²) in [6.45, 7) is 0. The molecule has 0 aliphatic carbocycles. The molecule has 0 radical (unpaired) electrons. The van der Waals surface area contributed by atoms with Crippen LogP contribution in [0.4, 0.5) is 0 Å². The van der Waals surface area contributed by atoms with E-state index in [1.165, 1.54) is 99.4 Å². The van der Waals surface area contributed by atoms with Crippen LogP contribution in [0.15, 0.2) is 249 Å². The van der Waals surface area contributed by atoms with E-state index in [9.17, 15) is 0 Å². The monoisotopic (exact) mass is 787 g/mol. The maximum Gasteiger partial charge on any atom is 0.0346 e. The average Bonchev–Trinajstić information content (AvgIpc) is 3.36. The summed E-state index contributed by atoms with van der Waals surface area (Å²) in [6.07, 6.45) is 3.75. The maximum atomic E-state index is 4.36. The fraction of sp³-hybridized carbons (Fsp3) is 0. The summed E-state index contributed by atoms with van der Waals surface area (Å²) < 4.78 is 0. The molecule has 0 bridgehead atoms. The Bertz CT molecular complexity index is 3280. The topological polar surface area (TPSA) is 12.9 Å². The standard InChI is InChI=1S/C61H41N/c1-5-19-43(20-6-1)55-40-56(60(45-23-9-3-10-24-45)61(46-25-11-4-12-26-46)59(55)44-21-7-2-8-22-44)48-27-17-28-49(39-48)58-53-32-15-13-30-51(53)57(52-31-14-16-33-54(52)58)47-36-34-42(35-37-47)50-29-18-38-62-41-50/h1-41H. The molecule has 0 N–H and O–H groups in total. The Morgan fingerprint density at radius 1 is 0.210 bits per heavy atom. The van der Waals surface area contributed by atoms with E-state index in [2.05, 4.69) is 236 Å². The van der Waals surface area contributed by atoms with Crippen LogP contribution in [0.2, 0.25) is 0 Å². The molecule has 0 unspecified atom stereocenters. The molecule has 0 amide bonds. The first-order chi connectivity index (χ1) is 30.8. The van der Waals surface area contributed by atoms with Crippen molar-refractivity contribution in [1.29, 1.82) is 0 Å². The minimum atomic E-state index is 1.11. The molecule has 0 atom stereocenters. The first kappa shape index (κ1) is 36.9. The molecule has 0 fully saturated rings. The van der Waals surface area contributed by atoms with Crippen molar-refractivity contribution in [2.24, 2.45) is 0 Å². The molecule has 1 heteroatoms.